The number of nitriles is 1. The summed E-state index contributed by atoms with van der Waals surface area (Å²) in [5, 5.41) is 17.1. The van der Waals surface area contributed by atoms with Gasteiger partial charge in [-0.15, -0.1) is 5.10 Å². The Labute approximate surface area is 153 Å². The minimum absolute atomic E-state index is 0.0217. The standard InChI is InChI=1S/C19H12ClFN4O/c20-11-7-5-10(6-8-11)15-13(9-22)18(23)26-19-16(15)17(24-25-19)12-3-1-2-4-14(12)21/h1-8,15H,23H2,(H,24,25)/t15-/m1/s1. The van der Waals surface area contributed by atoms with Gasteiger partial charge in [0.25, 0.3) is 0 Å². The number of ether oxygens (including phenoxy) is 1. The molecule has 0 spiro atoms. The summed E-state index contributed by atoms with van der Waals surface area (Å²) in [6.07, 6.45) is 0. The van der Waals surface area contributed by atoms with Gasteiger partial charge in [0.15, 0.2) is 0 Å². The third kappa shape index (κ3) is 2.50. The number of H-pyrrole nitrogens is 1. The molecule has 2 heterocycles. The van der Waals surface area contributed by atoms with Crippen LogP contribution in [0.5, 0.6) is 5.88 Å². The number of aromatic nitrogens is 2. The molecule has 26 heavy (non-hydrogen) atoms. The Morgan fingerprint density at radius 1 is 1.19 bits per heavy atom. The summed E-state index contributed by atoms with van der Waals surface area (Å²) in [5.41, 5.74) is 8.27. The largest absolute Gasteiger partial charge is 0.420 e. The molecule has 2 aromatic carbocycles. The summed E-state index contributed by atoms with van der Waals surface area (Å²) in [6.45, 7) is 0. The number of aromatic amines is 1. The van der Waals surface area contributed by atoms with Crippen LogP contribution in [0.15, 0.2) is 60.0 Å². The Hall–Kier alpha value is -3.30. The van der Waals surface area contributed by atoms with Crippen LogP contribution in [0.25, 0.3) is 11.3 Å². The van der Waals surface area contributed by atoms with Gasteiger partial charge in [0, 0.05) is 10.6 Å². The van der Waals surface area contributed by atoms with Gasteiger partial charge in [0.2, 0.25) is 11.8 Å². The van der Waals surface area contributed by atoms with Crippen LogP contribution in [0.4, 0.5) is 4.39 Å². The Bertz CT molecular complexity index is 1070. The van der Waals surface area contributed by atoms with Gasteiger partial charge < -0.3 is 10.5 Å². The zero-order chi connectivity index (χ0) is 18.3. The fourth-order valence-electron chi connectivity index (χ4n) is 3.10. The van der Waals surface area contributed by atoms with E-state index in [9.17, 15) is 9.65 Å². The molecule has 0 aliphatic carbocycles. The lowest BCUT2D eigenvalue weighted by molar-refractivity contribution is 0.379. The van der Waals surface area contributed by atoms with E-state index in [1.54, 1.807) is 42.5 Å². The van der Waals surface area contributed by atoms with Gasteiger partial charge in [-0.1, -0.05) is 35.9 Å². The molecule has 1 aliphatic rings. The summed E-state index contributed by atoms with van der Waals surface area (Å²) in [4.78, 5) is 0. The highest BCUT2D eigenvalue weighted by Crippen LogP contribution is 2.46. The molecule has 0 saturated heterocycles. The molecule has 0 radical (unpaired) electrons. The zero-order valence-electron chi connectivity index (χ0n) is 13.3. The van der Waals surface area contributed by atoms with Crippen LogP contribution in [0.3, 0.4) is 0 Å². The van der Waals surface area contributed by atoms with E-state index in [2.05, 4.69) is 16.3 Å². The molecule has 3 aromatic rings. The quantitative estimate of drug-likeness (QED) is 0.715. The first kappa shape index (κ1) is 16.2. The van der Waals surface area contributed by atoms with E-state index >= 15 is 0 Å². The molecule has 0 fully saturated rings. The smallest absolute Gasteiger partial charge is 0.244 e. The summed E-state index contributed by atoms with van der Waals surface area (Å²) < 4.78 is 19.9. The van der Waals surface area contributed by atoms with Crippen molar-refractivity contribution in [3.8, 4) is 23.2 Å². The second-order valence-electron chi connectivity index (χ2n) is 5.77. The topological polar surface area (TPSA) is 87.7 Å². The van der Waals surface area contributed by atoms with Crippen LogP contribution in [-0.4, -0.2) is 10.2 Å². The molecule has 7 heteroatoms. The van der Waals surface area contributed by atoms with Gasteiger partial charge in [0.05, 0.1) is 17.2 Å². The maximum atomic E-state index is 14.4. The van der Waals surface area contributed by atoms with Crippen LogP contribution in [0.2, 0.25) is 5.02 Å². The Morgan fingerprint density at radius 2 is 1.92 bits per heavy atom. The number of allylic oxidation sites excluding steroid dienone is 1. The fraction of sp³-hybridized carbons (Fsp3) is 0.0526. The molecule has 5 nitrogen and oxygen atoms in total. The van der Waals surface area contributed by atoms with Gasteiger partial charge in [0.1, 0.15) is 17.5 Å². The van der Waals surface area contributed by atoms with Gasteiger partial charge in [-0.25, -0.2) is 4.39 Å². The molecule has 128 valence electrons. The van der Waals surface area contributed by atoms with Crippen LogP contribution in [0.1, 0.15) is 17.0 Å². The van der Waals surface area contributed by atoms with Crippen molar-refractivity contribution in [2.24, 2.45) is 5.73 Å². The monoisotopic (exact) mass is 366 g/mol. The molecular weight excluding hydrogens is 355 g/mol. The number of hydrogen-bond donors (Lipinski definition) is 2. The average Bonchev–Trinajstić information content (AvgIpc) is 3.05. The Balaban J connectivity index is 1.97. The first-order valence-corrected chi connectivity index (χ1v) is 8.14. The van der Waals surface area contributed by atoms with E-state index in [0.29, 0.717) is 21.8 Å². The number of rotatable bonds is 2. The minimum atomic E-state index is -0.547. The highest BCUT2D eigenvalue weighted by molar-refractivity contribution is 6.30. The van der Waals surface area contributed by atoms with Crippen molar-refractivity contribution in [3.63, 3.8) is 0 Å². The minimum Gasteiger partial charge on any atom is -0.420 e. The lowest BCUT2D eigenvalue weighted by atomic mass is 9.83. The molecule has 0 unspecified atom stereocenters. The molecule has 1 atom stereocenters. The lowest BCUT2D eigenvalue weighted by Crippen LogP contribution is -2.21. The van der Waals surface area contributed by atoms with Crippen molar-refractivity contribution in [1.82, 2.24) is 10.2 Å². The van der Waals surface area contributed by atoms with Crippen LogP contribution >= 0.6 is 11.6 Å². The highest BCUT2D eigenvalue weighted by Gasteiger charge is 2.36. The predicted molar refractivity (Wildman–Crippen MR) is 94.7 cm³/mol. The second-order valence-corrected chi connectivity index (χ2v) is 6.21. The SMILES string of the molecule is N#CC1=C(N)Oc2n[nH]c(-c3ccccc3F)c2[C@@H]1c1ccc(Cl)cc1. The first-order chi connectivity index (χ1) is 12.6. The molecule has 0 bridgehead atoms. The third-order valence-corrected chi connectivity index (χ3v) is 4.54. The Morgan fingerprint density at radius 3 is 2.62 bits per heavy atom. The maximum Gasteiger partial charge on any atom is 0.244 e. The van der Waals surface area contributed by atoms with Crippen molar-refractivity contribution < 1.29 is 9.13 Å². The van der Waals surface area contributed by atoms with E-state index < -0.39 is 11.7 Å². The molecule has 0 amide bonds. The number of fused-ring (bicyclic) bond motifs is 1. The number of nitrogens with one attached hydrogen (secondary N) is 1. The summed E-state index contributed by atoms with van der Waals surface area (Å²) in [5.74, 6) is -0.754. The fourth-order valence-corrected chi connectivity index (χ4v) is 3.23. The van der Waals surface area contributed by atoms with Crippen LogP contribution < -0.4 is 10.5 Å². The predicted octanol–water partition coefficient (Wildman–Crippen LogP) is 4.09. The van der Waals surface area contributed by atoms with E-state index in [1.807, 2.05) is 0 Å². The molecule has 4 rings (SSSR count). The normalized spacial score (nSPS) is 16.0. The lowest BCUT2D eigenvalue weighted by Gasteiger charge is -2.24. The number of benzene rings is 2. The second kappa shape index (κ2) is 6.21. The van der Waals surface area contributed by atoms with E-state index in [1.165, 1.54) is 6.07 Å². The van der Waals surface area contributed by atoms with Crippen molar-refractivity contribution in [1.29, 1.82) is 5.26 Å². The summed E-state index contributed by atoms with van der Waals surface area (Å²) in [6, 6.07) is 15.5. The average molecular weight is 367 g/mol. The number of nitrogens with zero attached hydrogens (tertiary/aromatic N) is 2. The van der Waals surface area contributed by atoms with Crippen molar-refractivity contribution >= 4 is 11.6 Å². The van der Waals surface area contributed by atoms with Gasteiger partial charge in [-0.05, 0) is 29.8 Å². The van der Waals surface area contributed by atoms with Crippen molar-refractivity contribution in [3.05, 3.63) is 82.0 Å². The molecule has 1 aromatic heterocycles. The van der Waals surface area contributed by atoms with E-state index in [-0.39, 0.29) is 17.3 Å². The van der Waals surface area contributed by atoms with Crippen molar-refractivity contribution in [2.45, 2.75) is 5.92 Å². The first-order valence-electron chi connectivity index (χ1n) is 7.76. The van der Waals surface area contributed by atoms with Crippen LogP contribution in [-0.2, 0) is 0 Å². The van der Waals surface area contributed by atoms with Gasteiger partial charge >= 0.3 is 0 Å². The molecule has 1 aliphatic heterocycles. The maximum absolute atomic E-state index is 14.4. The Kier molecular flexibility index (Phi) is 3.86. The summed E-state index contributed by atoms with van der Waals surface area (Å²) >= 11 is 5.98. The molecule has 3 N–H and O–H groups in total. The number of hydrogen-bond acceptors (Lipinski definition) is 4. The molecule has 0 saturated carbocycles. The summed E-state index contributed by atoms with van der Waals surface area (Å²) in [7, 11) is 0. The van der Waals surface area contributed by atoms with Crippen LogP contribution in [0, 0.1) is 17.1 Å². The third-order valence-electron chi connectivity index (χ3n) is 4.29. The van der Waals surface area contributed by atoms with E-state index in [4.69, 9.17) is 22.1 Å². The highest BCUT2D eigenvalue weighted by atomic mass is 35.5. The van der Waals surface area contributed by atoms with Gasteiger partial charge in [-0.3, -0.25) is 5.10 Å². The molecular formula is C19H12ClFN4O. The zero-order valence-corrected chi connectivity index (χ0v) is 14.1. The number of nitrogens with two attached hydrogens (primary N) is 1. The number of halogens is 2. The van der Waals surface area contributed by atoms with Gasteiger partial charge in [-0.2, -0.15) is 5.26 Å². The van der Waals surface area contributed by atoms with E-state index in [0.717, 1.165) is 5.56 Å². The van der Waals surface area contributed by atoms with Crippen molar-refractivity contribution in [2.75, 3.05) is 0 Å².